The summed E-state index contributed by atoms with van der Waals surface area (Å²) in [7, 11) is 0. The summed E-state index contributed by atoms with van der Waals surface area (Å²) in [6.45, 7) is 3.77. The van der Waals surface area contributed by atoms with Crippen LogP contribution in [-0.2, 0) is 6.42 Å². The van der Waals surface area contributed by atoms with E-state index < -0.39 is 23.4 Å². The van der Waals surface area contributed by atoms with Gasteiger partial charge in [0.2, 0.25) is 5.95 Å². The first kappa shape index (κ1) is 26.0. The molecule has 0 unspecified atom stereocenters. The van der Waals surface area contributed by atoms with Crippen molar-refractivity contribution in [3.8, 4) is 16.9 Å². The van der Waals surface area contributed by atoms with Gasteiger partial charge in [0.15, 0.2) is 17.4 Å². The molecule has 3 aromatic rings. The Morgan fingerprint density at radius 2 is 1.71 bits per heavy atom. The first-order valence-corrected chi connectivity index (χ1v) is 10.8. The Balaban J connectivity index is 0.00000324. The van der Waals surface area contributed by atoms with Crippen molar-refractivity contribution in [2.24, 2.45) is 5.92 Å². The van der Waals surface area contributed by atoms with Crippen molar-refractivity contribution >= 4 is 41.5 Å². The topological polar surface area (TPSA) is 88.4 Å². The van der Waals surface area contributed by atoms with Crippen molar-refractivity contribution in [2.45, 2.75) is 26.2 Å². The standard InChI is InChI=1S/C24H24F2N4O3.Na.H/c1-2-15-11-28-24(29-12-15)30-7-5-16(6-8-30)14-33-22-19(25)9-18(10-20(22)26)17-3-4-21(23(31)32)27-13-17;;/h3-4,9-13,16H,2,5-8,14H2,1H3,(H,31,32);;. The van der Waals surface area contributed by atoms with Gasteiger partial charge in [-0.1, -0.05) is 13.0 Å². The Morgan fingerprint density at radius 3 is 2.24 bits per heavy atom. The number of nitrogens with zero attached hydrogens (tertiary/aromatic N) is 4. The maximum absolute atomic E-state index is 14.6. The van der Waals surface area contributed by atoms with Gasteiger partial charge in [-0.2, -0.15) is 0 Å². The van der Waals surface area contributed by atoms with E-state index in [9.17, 15) is 13.6 Å². The van der Waals surface area contributed by atoms with E-state index in [1.165, 1.54) is 18.3 Å². The first-order chi connectivity index (χ1) is 15.9. The molecule has 3 heterocycles. The number of pyridine rings is 1. The Kier molecular flexibility index (Phi) is 8.93. The molecule has 174 valence electrons. The van der Waals surface area contributed by atoms with Crippen LogP contribution in [-0.4, -0.2) is 75.3 Å². The van der Waals surface area contributed by atoms with E-state index >= 15 is 0 Å². The minimum atomic E-state index is -1.17. The van der Waals surface area contributed by atoms with Gasteiger partial charge in [-0.05, 0) is 54.5 Å². The van der Waals surface area contributed by atoms with Gasteiger partial charge < -0.3 is 14.7 Å². The number of hydrogen-bond acceptors (Lipinski definition) is 6. The molecule has 0 bridgehead atoms. The van der Waals surface area contributed by atoms with E-state index in [0.717, 1.165) is 50.0 Å². The van der Waals surface area contributed by atoms with E-state index in [1.54, 1.807) is 0 Å². The molecule has 2 aromatic heterocycles. The Morgan fingerprint density at radius 1 is 1.06 bits per heavy atom. The minimum absolute atomic E-state index is 0. The number of anilines is 1. The summed E-state index contributed by atoms with van der Waals surface area (Å²) in [5.74, 6) is -2.33. The maximum atomic E-state index is 14.6. The van der Waals surface area contributed by atoms with Gasteiger partial charge in [0.05, 0.1) is 6.61 Å². The third-order valence-electron chi connectivity index (χ3n) is 5.77. The van der Waals surface area contributed by atoms with Gasteiger partial charge in [-0.25, -0.2) is 28.5 Å². The molecule has 4 rings (SSSR count). The summed E-state index contributed by atoms with van der Waals surface area (Å²) < 4.78 is 34.7. The van der Waals surface area contributed by atoms with Gasteiger partial charge in [0, 0.05) is 37.2 Å². The van der Waals surface area contributed by atoms with Crippen LogP contribution in [0.25, 0.3) is 11.1 Å². The van der Waals surface area contributed by atoms with E-state index in [0.29, 0.717) is 11.5 Å². The quantitative estimate of drug-likeness (QED) is 0.518. The fourth-order valence-corrected chi connectivity index (χ4v) is 3.75. The van der Waals surface area contributed by atoms with Crippen LogP contribution in [0.1, 0.15) is 35.8 Å². The molecule has 0 aliphatic carbocycles. The van der Waals surface area contributed by atoms with E-state index in [2.05, 4.69) is 26.8 Å². The zero-order valence-electron chi connectivity index (χ0n) is 18.2. The third kappa shape index (κ3) is 6.08. The molecule has 1 aliphatic heterocycles. The fourth-order valence-electron chi connectivity index (χ4n) is 3.75. The zero-order valence-corrected chi connectivity index (χ0v) is 18.2. The third-order valence-corrected chi connectivity index (χ3v) is 5.77. The van der Waals surface area contributed by atoms with Gasteiger partial charge in [0.1, 0.15) is 5.69 Å². The number of rotatable bonds is 7. The van der Waals surface area contributed by atoms with Gasteiger partial charge in [0.25, 0.3) is 0 Å². The summed E-state index contributed by atoms with van der Waals surface area (Å²) in [6, 6.07) is 5.07. The summed E-state index contributed by atoms with van der Waals surface area (Å²) >= 11 is 0. The van der Waals surface area contributed by atoms with Crippen LogP contribution in [0.4, 0.5) is 14.7 Å². The van der Waals surface area contributed by atoms with Crippen LogP contribution in [0.3, 0.4) is 0 Å². The number of piperidine rings is 1. The van der Waals surface area contributed by atoms with Gasteiger partial charge >= 0.3 is 35.5 Å². The Bertz CT molecular complexity index is 1100. The number of carbonyl (C=O) groups is 1. The van der Waals surface area contributed by atoms with Crippen LogP contribution >= 0.6 is 0 Å². The van der Waals surface area contributed by atoms with Gasteiger partial charge in [-0.15, -0.1) is 0 Å². The molecule has 0 radical (unpaired) electrons. The Labute approximate surface area is 218 Å². The van der Waals surface area contributed by atoms with Crippen molar-refractivity contribution in [3.05, 3.63) is 65.7 Å². The number of carboxylic acid groups (broad SMARTS) is 1. The van der Waals surface area contributed by atoms with E-state index in [4.69, 9.17) is 9.84 Å². The van der Waals surface area contributed by atoms with E-state index in [-0.39, 0.29) is 53.3 Å². The monoisotopic (exact) mass is 478 g/mol. The number of aromatic carboxylic acids is 1. The number of aromatic nitrogens is 3. The predicted molar refractivity (Wildman–Crippen MR) is 126 cm³/mol. The molecular formula is C24H25F2N4NaO3. The van der Waals surface area contributed by atoms with Crippen molar-refractivity contribution in [1.29, 1.82) is 0 Å². The number of carboxylic acids is 1. The molecule has 34 heavy (non-hydrogen) atoms. The van der Waals surface area contributed by atoms with Crippen molar-refractivity contribution in [3.63, 3.8) is 0 Å². The average Bonchev–Trinajstić information content (AvgIpc) is 2.84. The molecule has 0 amide bonds. The van der Waals surface area contributed by atoms with Gasteiger partial charge in [-0.3, -0.25) is 0 Å². The van der Waals surface area contributed by atoms with Crippen LogP contribution in [0.5, 0.6) is 5.75 Å². The number of hydrogen-bond donors (Lipinski definition) is 1. The molecule has 0 atom stereocenters. The summed E-state index contributed by atoms with van der Waals surface area (Å²) in [4.78, 5) is 25.6. The van der Waals surface area contributed by atoms with Crippen LogP contribution in [0, 0.1) is 17.6 Å². The number of aryl methyl sites for hydroxylation is 1. The SMILES string of the molecule is CCc1cnc(N2CCC(COc3c(F)cc(-c4ccc(C(=O)O)nc4)cc3F)CC2)nc1.[NaH]. The van der Waals surface area contributed by atoms with Crippen LogP contribution < -0.4 is 9.64 Å². The molecule has 7 nitrogen and oxygen atoms in total. The second kappa shape index (κ2) is 11.7. The van der Waals surface area contributed by atoms with Crippen LogP contribution in [0.2, 0.25) is 0 Å². The number of benzene rings is 1. The predicted octanol–water partition coefficient (Wildman–Crippen LogP) is 3.72. The average molecular weight is 478 g/mol. The molecule has 1 N–H and O–H groups in total. The molecule has 1 fully saturated rings. The summed E-state index contributed by atoms with van der Waals surface area (Å²) in [5.41, 5.74) is 1.61. The molecule has 1 saturated heterocycles. The second-order valence-electron chi connectivity index (χ2n) is 7.99. The number of ether oxygens (including phenoxy) is 1. The van der Waals surface area contributed by atoms with E-state index in [1.807, 2.05) is 12.4 Å². The summed E-state index contributed by atoms with van der Waals surface area (Å²) in [5, 5.41) is 8.92. The van der Waals surface area contributed by atoms with Crippen molar-refractivity contribution in [2.75, 3.05) is 24.6 Å². The molecule has 0 saturated carbocycles. The number of halogens is 2. The Hall–Kier alpha value is -2.62. The van der Waals surface area contributed by atoms with Crippen molar-refractivity contribution < 1.29 is 23.4 Å². The molecule has 1 aliphatic rings. The zero-order chi connectivity index (χ0) is 23.4. The molecule has 10 heteroatoms. The second-order valence-corrected chi connectivity index (χ2v) is 7.99. The molecular weight excluding hydrogens is 453 g/mol. The molecule has 1 aromatic carbocycles. The normalized spacial score (nSPS) is 13.9. The van der Waals surface area contributed by atoms with Crippen LogP contribution in [0.15, 0.2) is 42.9 Å². The van der Waals surface area contributed by atoms with Crippen molar-refractivity contribution in [1.82, 2.24) is 15.0 Å². The summed E-state index contributed by atoms with van der Waals surface area (Å²) in [6.07, 6.45) is 7.45. The first-order valence-electron chi connectivity index (χ1n) is 10.8. The fraction of sp³-hybridized carbons (Fsp3) is 0.333. The molecule has 0 spiro atoms.